The number of aliphatic hydroxyl groups excluding tert-OH is 4. The van der Waals surface area contributed by atoms with Crippen molar-refractivity contribution in [1.82, 2.24) is 14.7 Å². The second-order valence-corrected chi connectivity index (χ2v) is 13.8. The van der Waals surface area contributed by atoms with E-state index >= 15 is 0 Å². The molecule has 0 spiro atoms. The number of hydrogen-bond acceptors (Lipinski definition) is 11. The lowest BCUT2D eigenvalue weighted by Gasteiger charge is -2.31. The molecule has 3 aromatic rings. The van der Waals surface area contributed by atoms with Gasteiger partial charge in [0.2, 0.25) is 0 Å². The number of benzene rings is 3. The van der Waals surface area contributed by atoms with Gasteiger partial charge in [0.15, 0.2) is 0 Å². The summed E-state index contributed by atoms with van der Waals surface area (Å²) < 4.78 is 11.3. The highest BCUT2D eigenvalue weighted by molar-refractivity contribution is 5.44. The number of rotatable bonds is 16. The molecule has 4 rings (SSSR count). The van der Waals surface area contributed by atoms with Crippen LogP contribution in [0.1, 0.15) is 58.2 Å². The molecule has 51 heavy (non-hydrogen) atoms. The third-order valence-electron chi connectivity index (χ3n) is 9.47. The Labute approximate surface area is 303 Å². The van der Waals surface area contributed by atoms with Crippen molar-refractivity contribution in [2.24, 2.45) is 0 Å². The second-order valence-electron chi connectivity index (χ2n) is 13.8. The smallest absolute Gasteiger partial charge is 0.125 e. The van der Waals surface area contributed by atoms with Crippen molar-refractivity contribution < 1.29 is 40.1 Å². The van der Waals surface area contributed by atoms with Gasteiger partial charge >= 0.3 is 0 Å². The Hall–Kier alpha value is -3.10. The molecule has 0 unspecified atom stereocenters. The Kier molecular flexibility index (Phi) is 17.1. The molecule has 0 atom stereocenters. The van der Waals surface area contributed by atoms with Crippen LogP contribution in [0.5, 0.6) is 11.5 Å². The van der Waals surface area contributed by atoms with E-state index in [-0.39, 0.29) is 51.1 Å². The SMILES string of the molecule is Cc1cc(COC(CO)CO)c(O)c(CN2CCCN(Cc3ccccc3)CCCN(Cc3cc(C)cc(COC(CO)CO)c3O)CCC2)c1. The number of hydrogen-bond donors (Lipinski definition) is 6. The maximum Gasteiger partial charge on any atom is 0.125 e. The molecule has 1 saturated heterocycles. The van der Waals surface area contributed by atoms with Crippen LogP contribution in [0.4, 0.5) is 0 Å². The highest BCUT2D eigenvalue weighted by Gasteiger charge is 2.19. The Morgan fingerprint density at radius 2 is 0.882 bits per heavy atom. The monoisotopic (exact) mass is 709 g/mol. The molecule has 1 heterocycles. The number of aliphatic hydroxyl groups is 4. The van der Waals surface area contributed by atoms with Gasteiger partial charge in [0.25, 0.3) is 0 Å². The normalized spacial score (nSPS) is 16.1. The van der Waals surface area contributed by atoms with Crippen molar-refractivity contribution in [1.29, 1.82) is 0 Å². The van der Waals surface area contributed by atoms with Gasteiger partial charge in [-0.15, -0.1) is 0 Å². The van der Waals surface area contributed by atoms with Crippen LogP contribution in [-0.2, 0) is 42.3 Å². The number of ether oxygens (including phenoxy) is 2. The summed E-state index contributed by atoms with van der Waals surface area (Å²) in [6, 6.07) is 18.4. The second kappa shape index (κ2) is 21.4. The average molecular weight is 710 g/mol. The zero-order valence-corrected chi connectivity index (χ0v) is 30.4. The van der Waals surface area contributed by atoms with Crippen LogP contribution in [0.2, 0.25) is 0 Å². The summed E-state index contributed by atoms with van der Waals surface area (Å²) >= 11 is 0. The Morgan fingerprint density at radius 3 is 1.25 bits per heavy atom. The zero-order chi connectivity index (χ0) is 36.6. The topological polar surface area (TPSA) is 150 Å². The minimum atomic E-state index is -0.697. The molecule has 282 valence electrons. The first-order valence-electron chi connectivity index (χ1n) is 18.2. The molecule has 11 heteroatoms. The molecule has 0 saturated carbocycles. The Balaban J connectivity index is 1.52. The lowest BCUT2D eigenvalue weighted by Crippen LogP contribution is -2.36. The molecule has 11 nitrogen and oxygen atoms in total. The summed E-state index contributed by atoms with van der Waals surface area (Å²) in [4.78, 5) is 7.33. The first kappa shape index (κ1) is 40.7. The van der Waals surface area contributed by atoms with E-state index in [1.165, 1.54) is 5.56 Å². The molecular weight excluding hydrogens is 650 g/mol. The summed E-state index contributed by atoms with van der Waals surface area (Å²) in [5.41, 5.74) is 6.22. The van der Waals surface area contributed by atoms with Crippen LogP contribution in [0.25, 0.3) is 0 Å². The van der Waals surface area contributed by atoms with Crippen LogP contribution in [-0.4, -0.2) is 123 Å². The highest BCUT2D eigenvalue weighted by atomic mass is 16.5. The predicted molar refractivity (Wildman–Crippen MR) is 197 cm³/mol. The van der Waals surface area contributed by atoms with Crippen molar-refractivity contribution in [3.05, 3.63) is 93.5 Å². The molecule has 6 N–H and O–H groups in total. The first-order valence-corrected chi connectivity index (χ1v) is 18.2. The van der Waals surface area contributed by atoms with Gasteiger partial charge in [-0.25, -0.2) is 0 Å². The molecular formula is C40H59N3O8. The average Bonchev–Trinajstić information content (AvgIpc) is 3.12. The molecule has 3 aromatic carbocycles. The van der Waals surface area contributed by atoms with Gasteiger partial charge in [-0.05, 0) is 77.9 Å². The van der Waals surface area contributed by atoms with Crippen molar-refractivity contribution in [2.75, 3.05) is 65.7 Å². The molecule has 1 aliphatic heterocycles. The molecule has 0 bridgehead atoms. The van der Waals surface area contributed by atoms with Crippen LogP contribution >= 0.6 is 0 Å². The van der Waals surface area contributed by atoms with E-state index in [0.717, 1.165) is 87.3 Å². The van der Waals surface area contributed by atoms with E-state index in [1.807, 2.05) is 44.2 Å². The van der Waals surface area contributed by atoms with Gasteiger partial charge < -0.3 is 40.1 Å². The summed E-state index contributed by atoms with van der Waals surface area (Å²) in [6.07, 6.45) is 1.49. The molecule has 1 aliphatic rings. The minimum Gasteiger partial charge on any atom is -0.507 e. The van der Waals surface area contributed by atoms with Crippen molar-refractivity contribution in [2.45, 2.75) is 78.2 Å². The maximum absolute atomic E-state index is 11.3. The summed E-state index contributed by atoms with van der Waals surface area (Å²) in [5.74, 6) is 0.375. The number of aryl methyl sites for hydroxylation is 2. The van der Waals surface area contributed by atoms with E-state index in [2.05, 4.69) is 39.0 Å². The number of phenolic OH excluding ortho intramolecular Hbond substituents is 2. The van der Waals surface area contributed by atoms with E-state index in [1.54, 1.807) is 0 Å². The third-order valence-corrected chi connectivity index (χ3v) is 9.47. The van der Waals surface area contributed by atoms with Crippen LogP contribution in [0.3, 0.4) is 0 Å². The largest absolute Gasteiger partial charge is 0.507 e. The highest BCUT2D eigenvalue weighted by Crippen LogP contribution is 2.29. The van der Waals surface area contributed by atoms with E-state index in [9.17, 15) is 30.6 Å². The maximum atomic E-state index is 11.3. The standard InChI is InChI=1S/C40H59N3O8/c1-30-17-33(39(48)35(19-30)28-50-37(24-44)25-45)22-42-13-6-11-41(21-32-9-4-3-5-10-32)12-7-14-43(16-8-15-42)23-34-18-31(2)20-36(40(34)49)29-51-38(26-46)27-47/h3-5,9-10,17-20,37-38,44-49H,6-8,11-16,21-29H2,1-2H3. The third kappa shape index (κ3) is 13.1. The van der Waals surface area contributed by atoms with Crippen LogP contribution in [0, 0.1) is 13.8 Å². The Morgan fingerprint density at radius 1 is 0.529 bits per heavy atom. The van der Waals surface area contributed by atoms with Gasteiger partial charge in [-0.3, -0.25) is 14.7 Å². The van der Waals surface area contributed by atoms with E-state index < -0.39 is 12.2 Å². The summed E-state index contributed by atoms with van der Waals surface area (Å²) in [6.45, 7) is 10.3. The Bertz CT molecular complexity index is 1360. The fraction of sp³-hybridized carbons (Fsp3) is 0.550. The summed E-state index contributed by atoms with van der Waals surface area (Å²) in [7, 11) is 0. The molecule has 0 aromatic heterocycles. The molecule has 0 radical (unpaired) electrons. The van der Waals surface area contributed by atoms with Crippen molar-refractivity contribution in [3.8, 4) is 11.5 Å². The van der Waals surface area contributed by atoms with Crippen LogP contribution < -0.4 is 0 Å². The van der Waals surface area contributed by atoms with E-state index in [4.69, 9.17) is 9.47 Å². The first-order chi connectivity index (χ1) is 24.7. The van der Waals surface area contributed by atoms with Crippen molar-refractivity contribution >= 4 is 0 Å². The van der Waals surface area contributed by atoms with Gasteiger partial charge in [-0.2, -0.15) is 0 Å². The van der Waals surface area contributed by atoms with Gasteiger partial charge in [0.05, 0.1) is 39.6 Å². The quantitative estimate of drug-likeness (QED) is 0.130. The minimum absolute atomic E-state index is 0.0960. The fourth-order valence-electron chi connectivity index (χ4n) is 6.76. The molecule has 0 aliphatic carbocycles. The molecule has 0 amide bonds. The van der Waals surface area contributed by atoms with Crippen molar-refractivity contribution in [3.63, 3.8) is 0 Å². The van der Waals surface area contributed by atoms with Gasteiger partial charge in [0, 0.05) is 41.9 Å². The van der Waals surface area contributed by atoms with Gasteiger partial charge in [0.1, 0.15) is 23.7 Å². The van der Waals surface area contributed by atoms with Crippen LogP contribution in [0.15, 0.2) is 54.6 Å². The fourth-order valence-corrected chi connectivity index (χ4v) is 6.76. The predicted octanol–water partition coefficient (Wildman–Crippen LogP) is 3.44. The zero-order valence-electron chi connectivity index (χ0n) is 30.4. The van der Waals surface area contributed by atoms with E-state index in [0.29, 0.717) is 24.2 Å². The van der Waals surface area contributed by atoms with Gasteiger partial charge in [-0.1, -0.05) is 65.7 Å². The lowest BCUT2D eigenvalue weighted by atomic mass is 10.0. The number of nitrogens with zero attached hydrogens (tertiary/aromatic N) is 3. The molecule has 1 fully saturated rings. The lowest BCUT2D eigenvalue weighted by molar-refractivity contribution is -0.0290. The number of phenols is 2. The number of aromatic hydroxyl groups is 2. The summed E-state index contributed by atoms with van der Waals surface area (Å²) in [5, 5.41) is 60.3.